The molecule has 1 aromatic heterocycles. The van der Waals surface area contributed by atoms with Crippen LogP contribution >= 0.6 is 0 Å². The largest absolute Gasteiger partial charge is 0.494 e. The Balaban J connectivity index is 1.34. The average Bonchev–Trinajstić information content (AvgIpc) is 4.07. The highest BCUT2D eigenvalue weighted by Crippen LogP contribution is 2.46. The summed E-state index contributed by atoms with van der Waals surface area (Å²) in [5, 5.41) is 5.87. The van der Waals surface area contributed by atoms with Gasteiger partial charge in [-0.15, -0.1) is 0 Å². The topological polar surface area (TPSA) is 182 Å². The number of benzene rings is 1. The summed E-state index contributed by atoms with van der Waals surface area (Å²) >= 11 is 0. The lowest BCUT2D eigenvalue weighted by molar-refractivity contribution is -0.244. The van der Waals surface area contributed by atoms with Crippen LogP contribution < -0.4 is 24.8 Å². The first-order valence-electron chi connectivity index (χ1n) is 19.8. The first-order valence-corrected chi connectivity index (χ1v) is 21.4. The number of ether oxygens (including phenoxy) is 3. The van der Waals surface area contributed by atoms with Crippen molar-refractivity contribution in [3.63, 3.8) is 0 Å². The molecule has 6 rings (SSSR count). The van der Waals surface area contributed by atoms with Crippen LogP contribution in [0.4, 0.5) is 18.0 Å². The summed E-state index contributed by atoms with van der Waals surface area (Å²) in [7, 11) is -3.98. The van der Waals surface area contributed by atoms with Crippen molar-refractivity contribution in [3.05, 3.63) is 42.6 Å². The number of nitrogens with one attached hydrogen (secondary N) is 3. The third-order valence-corrected chi connectivity index (χ3v) is 13.2. The van der Waals surface area contributed by atoms with E-state index in [4.69, 9.17) is 14.2 Å². The van der Waals surface area contributed by atoms with Gasteiger partial charge in [-0.25, -0.2) is 18.2 Å². The lowest BCUT2D eigenvalue weighted by Crippen LogP contribution is -2.59. The maximum Gasteiger partial charge on any atom is 0.427 e. The molecule has 0 bridgehead atoms. The molecule has 0 radical (unpaired) electrons. The average molecular weight is 836 g/mol. The Morgan fingerprint density at radius 1 is 1.09 bits per heavy atom. The van der Waals surface area contributed by atoms with E-state index in [1.807, 2.05) is 26.0 Å². The number of sulfonamides is 1. The van der Waals surface area contributed by atoms with Crippen molar-refractivity contribution >= 4 is 44.6 Å². The monoisotopic (exact) mass is 835 g/mol. The van der Waals surface area contributed by atoms with Crippen LogP contribution in [0.25, 0.3) is 10.8 Å². The summed E-state index contributed by atoms with van der Waals surface area (Å²) in [5.74, 6) is -2.76. The first kappa shape index (κ1) is 43.0. The number of fused-ring (bicyclic) bond motifs is 3. The molecule has 2 aliphatic heterocycles. The highest BCUT2D eigenvalue weighted by atomic mass is 32.2. The fourth-order valence-corrected chi connectivity index (χ4v) is 9.00. The van der Waals surface area contributed by atoms with Crippen molar-refractivity contribution < 1.29 is 55.0 Å². The fourth-order valence-electron chi connectivity index (χ4n) is 7.63. The summed E-state index contributed by atoms with van der Waals surface area (Å²) in [6.45, 7) is 7.34. The number of allylic oxidation sites excluding steroid dienone is 1. The van der Waals surface area contributed by atoms with E-state index < -0.39 is 86.4 Å². The Morgan fingerprint density at radius 2 is 1.83 bits per heavy atom. The number of pyridine rings is 1. The van der Waals surface area contributed by atoms with E-state index in [0.717, 1.165) is 11.8 Å². The van der Waals surface area contributed by atoms with Crippen LogP contribution in [-0.2, 0) is 29.1 Å². The molecule has 58 heavy (non-hydrogen) atoms. The zero-order valence-electron chi connectivity index (χ0n) is 33.3. The number of carbonyl (C=O) groups excluding carboxylic acids is 4. The van der Waals surface area contributed by atoms with Gasteiger partial charge >= 0.3 is 12.3 Å². The first-order chi connectivity index (χ1) is 27.2. The highest BCUT2D eigenvalue weighted by Gasteiger charge is 2.62. The minimum absolute atomic E-state index is 0.0315. The molecule has 14 nitrogen and oxygen atoms in total. The Bertz CT molecular complexity index is 2040. The van der Waals surface area contributed by atoms with E-state index in [1.54, 1.807) is 37.4 Å². The predicted molar refractivity (Wildman–Crippen MR) is 206 cm³/mol. The number of rotatable bonds is 10. The van der Waals surface area contributed by atoms with Gasteiger partial charge in [0.25, 0.3) is 5.91 Å². The van der Waals surface area contributed by atoms with Crippen LogP contribution in [0.15, 0.2) is 42.6 Å². The molecule has 3 heterocycles. The van der Waals surface area contributed by atoms with Gasteiger partial charge in [0.1, 0.15) is 29.5 Å². The Labute approximate surface area is 336 Å². The maximum absolute atomic E-state index is 14.7. The molecule has 3 fully saturated rings. The molecule has 4 aliphatic rings. The van der Waals surface area contributed by atoms with E-state index in [-0.39, 0.29) is 31.2 Å². The number of hydrogen-bond acceptors (Lipinski definition) is 10. The molecule has 318 valence electrons. The Hall–Kier alpha value is -4.61. The molecule has 1 aromatic carbocycles. The number of halogens is 3. The maximum atomic E-state index is 14.7. The molecular formula is C40H52F3N5O9S. The van der Waals surface area contributed by atoms with E-state index in [9.17, 15) is 40.8 Å². The van der Waals surface area contributed by atoms with Crippen LogP contribution in [0.3, 0.4) is 0 Å². The summed E-state index contributed by atoms with van der Waals surface area (Å²) < 4.78 is 86.1. The van der Waals surface area contributed by atoms with Gasteiger partial charge in [0.15, 0.2) is 0 Å². The number of amides is 4. The number of alkyl halides is 3. The summed E-state index contributed by atoms with van der Waals surface area (Å²) in [5.41, 5.74) is -4.50. The molecule has 7 atom stereocenters. The fraction of sp³-hybridized carbons (Fsp3) is 0.625. The molecule has 0 unspecified atom stereocenters. The lowest BCUT2D eigenvalue weighted by atomic mass is 9.88. The van der Waals surface area contributed by atoms with Gasteiger partial charge in [-0.3, -0.25) is 19.1 Å². The number of carbonyl (C=O) groups is 4. The molecule has 3 N–H and O–H groups in total. The molecule has 2 saturated carbocycles. The summed E-state index contributed by atoms with van der Waals surface area (Å²) in [4.78, 5) is 61.7. The van der Waals surface area contributed by atoms with Crippen LogP contribution in [0.1, 0.15) is 86.0 Å². The van der Waals surface area contributed by atoms with Crippen LogP contribution in [0.2, 0.25) is 0 Å². The van der Waals surface area contributed by atoms with Gasteiger partial charge < -0.3 is 29.7 Å². The third kappa shape index (κ3) is 9.47. The highest BCUT2D eigenvalue weighted by molar-refractivity contribution is 7.91. The number of hydrogen-bond donors (Lipinski definition) is 3. The lowest BCUT2D eigenvalue weighted by Gasteiger charge is -2.34. The minimum atomic E-state index is -4.91. The van der Waals surface area contributed by atoms with E-state index in [2.05, 4.69) is 20.3 Å². The van der Waals surface area contributed by atoms with Crippen molar-refractivity contribution in [2.75, 3.05) is 13.2 Å². The van der Waals surface area contributed by atoms with Gasteiger partial charge in [-0.1, -0.05) is 32.9 Å². The van der Waals surface area contributed by atoms with Gasteiger partial charge in [0.05, 0.1) is 18.4 Å². The third-order valence-electron chi connectivity index (χ3n) is 11.4. The number of aromatic nitrogens is 1. The molecule has 4 amide bonds. The zero-order chi connectivity index (χ0) is 42.2. The molecule has 18 heteroatoms. The molecule has 2 aliphatic carbocycles. The van der Waals surface area contributed by atoms with Crippen molar-refractivity contribution in [2.45, 2.75) is 127 Å². The Kier molecular flexibility index (Phi) is 12.3. The molecule has 2 aromatic rings. The quantitative estimate of drug-likeness (QED) is 0.266. The second kappa shape index (κ2) is 16.6. The second-order valence-corrected chi connectivity index (χ2v) is 18.6. The predicted octanol–water partition coefficient (Wildman–Crippen LogP) is 5.30. The van der Waals surface area contributed by atoms with Crippen molar-refractivity contribution in [1.82, 2.24) is 25.2 Å². The van der Waals surface area contributed by atoms with E-state index in [1.165, 1.54) is 4.90 Å². The van der Waals surface area contributed by atoms with Gasteiger partial charge in [-0.05, 0) is 100 Å². The summed E-state index contributed by atoms with van der Waals surface area (Å²) in [6, 6.07) is 4.43. The molecule has 0 spiro atoms. The van der Waals surface area contributed by atoms with Crippen molar-refractivity contribution in [3.8, 4) is 11.6 Å². The van der Waals surface area contributed by atoms with Crippen molar-refractivity contribution in [2.24, 2.45) is 17.8 Å². The van der Waals surface area contributed by atoms with Crippen LogP contribution in [0, 0.1) is 17.8 Å². The summed E-state index contributed by atoms with van der Waals surface area (Å²) in [6.07, 6.45) is 1.16. The van der Waals surface area contributed by atoms with Gasteiger partial charge in [0, 0.05) is 23.9 Å². The van der Waals surface area contributed by atoms with Crippen molar-refractivity contribution in [1.29, 1.82) is 0 Å². The van der Waals surface area contributed by atoms with Crippen LogP contribution in [-0.4, -0.2) is 96.0 Å². The SMILES string of the molecule is CCCOc1ccc2c(O[C@@H]3C[C@H]4C(=O)N[C@]5(C(=O)NS(=O)(=O)C6CC6)C[C@H]5/C=C\CC[C@@H](C)C[C@@H](C)[C@H](NC(=O)OC(C)(C)C(F)(F)F)C(=O)N4C3)nccc2c1. The molecular weight excluding hydrogens is 784 g/mol. The smallest absolute Gasteiger partial charge is 0.427 e. The second-order valence-electron chi connectivity index (χ2n) is 16.6. The normalized spacial score (nSPS) is 28.9. The zero-order valence-corrected chi connectivity index (χ0v) is 34.1. The Morgan fingerprint density at radius 3 is 2.52 bits per heavy atom. The number of nitrogens with zero attached hydrogens (tertiary/aromatic N) is 2. The van der Waals surface area contributed by atoms with Gasteiger partial charge in [-0.2, -0.15) is 13.2 Å². The van der Waals surface area contributed by atoms with E-state index >= 15 is 0 Å². The van der Waals surface area contributed by atoms with E-state index in [0.29, 0.717) is 63.7 Å². The standard InChI is InChI=1S/C40H52F3N5O9S/c1-6-17-55-27-11-14-30-25(19-27)15-16-44-34(30)56-28-20-31-33(49)46-39(36(51)47-58(53,54)29-12-13-29)21-26(39)10-8-7-9-23(2)18-24(3)32(35(50)48(31)22-28)45-37(52)57-38(4,5)40(41,42)43/h8,10-11,14-16,19,23-24,26,28-29,31-32H,6-7,9,12-13,17-18,20-22H2,1-5H3,(H,45,52)(H,46,49)(H,47,51)/b10-8-/t23-,24-,26-,28-,31+,32+,39-/m1/s1. The van der Waals surface area contributed by atoms with Crippen LogP contribution in [0.5, 0.6) is 11.6 Å². The van der Waals surface area contributed by atoms with Gasteiger partial charge in [0.2, 0.25) is 33.3 Å². The minimum Gasteiger partial charge on any atom is -0.494 e. The number of alkyl carbamates (subject to hydrolysis) is 1. The molecule has 1 saturated heterocycles.